The second kappa shape index (κ2) is 6.68. The first kappa shape index (κ1) is 16.4. The van der Waals surface area contributed by atoms with Gasteiger partial charge in [-0.1, -0.05) is 0 Å². The van der Waals surface area contributed by atoms with E-state index >= 15 is 0 Å². The Hall–Kier alpha value is -0.650. The lowest BCUT2D eigenvalue weighted by molar-refractivity contribution is -0.129. The number of amides is 1. The molecule has 3 atom stereocenters. The molecule has 0 bridgehead atoms. The van der Waals surface area contributed by atoms with E-state index in [1.54, 1.807) is 7.11 Å². The number of hydrogen-bond donors (Lipinski definition) is 2. The van der Waals surface area contributed by atoms with Gasteiger partial charge in [-0.2, -0.15) is 0 Å². The van der Waals surface area contributed by atoms with Crippen molar-refractivity contribution < 1.29 is 9.53 Å². The van der Waals surface area contributed by atoms with Crippen molar-refractivity contribution in [3.63, 3.8) is 0 Å². The fourth-order valence-electron chi connectivity index (χ4n) is 2.61. The number of hydrogen-bond acceptors (Lipinski definition) is 4. The van der Waals surface area contributed by atoms with Gasteiger partial charge in [-0.05, 0) is 40.5 Å². The Kier molecular flexibility index (Phi) is 5.77. The van der Waals surface area contributed by atoms with E-state index in [0.717, 1.165) is 19.4 Å². The van der Waals surface area contributed by atoms with Crippen LogP contribution in [0.15, 0.2) is 0 Å². The molecule has 5 heteroatoms. The van der Waals surface area contributed by atoms with Gasteiger partial charge in [0.2, 0.25) is 5.91 Å². The average molecular weight is 271 g/mol. The normalized spacial score (nSPS) is 27.1. The molecule has 1 aliphatic heterocycles. The molecule has 1 fully saturated rings. The number of piperidine rings is 1. The van der Waals surface area contributed by atoms with Crippen LogP contribution in [0.1, 0.15) is 40.5 Å². The third-order valence-corrected chi connectivity index (χ3v) is 3.69. The molecule has 0 aromatic heterocycles. The van der Waals surface area contributed by atoms with Gasteiger partial charge in [0.15, 0.2) is 0 Å². The first-order chi connectivity index (χ1) is 8.78. The second-order valence-corrected chi connectivity index (χ2v) is 6.42. The molecule has 0 aromatic rings. The predicted molar refractivity (Wildman–Crippen MR) is 76.9 cm³/mol. The van der Waals surface area contributed by atoms with Gasteiger partial charge in [0.1, 0.15) is 0 Å². The molecule has 112 valence electrons. The Morgan fingerprint density at radius 2 is 2.16 bits per heavy atom. The SMILES string of the molecule is COC1CCN(C(C)C(=O)NC(C)(C)C)C(CN)C1. The lowest BCUT2D eigenvalue weighted by atomic mass is 9.97. The quantitative estimate of drug-likeness (QED) is 0.791. The molecule has 0 aromatic carbocycles. The van der Waals surface area contributed by atoms with Crippen molar-refractivity contribution in [2.24, 2.45) is 5.73 Å². The summed E-state index contributed by atoms with van der Waals surface area (Å²) in [6, 6.07) is 0.0741. The number of likely N-dealkylation sites (tertiary alicyclic amines) is 1. The second-order valence-electron chi connectivity index (χ2n) is 6.42. The van der Waals surface area contributed by atoms with Gasteiger partial charge in [-0.25, -0.2) is 0 Å². The largest absolute Gasteiger partial charge is 0.381 e. The summed E-state index contributed by atoms with van der Waals surface area (Å²) in [4.78, 5) is 14.5. The lowest BCUT2D eigenvalue weighted by Gasteiger charge is -2.41. The number of nitrogens with zero attached hydrogens (tertiary/aromatic N) is 1. The van der Waals surface area contributed by atoms with Crippen LogP contribution in [0.2, 0.25) is 0 Å². The first-order valence-electron chi connectivity index (χ1n) is 7.09. The van der Waals surface area contributed by atoms with Gasteiger partial charge < -0.3 is 15.8 Å². The van der Waals surface area contributed by atoms with Crippen molar-refractivity contribution in [2.45, 2.75) is 64.3 Å². The number of carbonyl (C=O) groups excluding carboxylic acids is 1. The summed E-state index contributed by atoms with van der Waals surface area (Å²) in [6.45, 7) is 9.36. The van der Waals surface area contributed by atoms with E-state index < -0.39 is 0 Å². The zero-order valence-electron chi connectivity index (χ0n) is 12.9. The molecule has 19 heavy (non-hydrogen) atoms. The van der Waals surface area contributed by atoms with Crippen molar-refractivity contribution in [3.8, 4) is 0 Å². The maximum absolute atomic E-state index is 12.2. The van der Waals surface area contributed by atoms with Gasteiger partial charge in [-0.15, -0.1) is 0 Å². The van der Waals surface area contributed by atoms with Crippen LogP contribution in [0.4, 0.5) is 0 Å². The van der Waals surface area contributed by atoms with E-state index in [-0.39, 0.29) is 29.6 Å². The monoisotopic (exact) mass is 271 g/mol. The molecule has 5 nitrogen and oxygen atoms in total. The van der Waals surface area contributed by atoms with Crippen molar-refractivity contribution in [1.29, 1.82) is 0 Å². The smallest absolute Gasteiger partial charge is 0.237 e. The van der Waals surface area contributed by atoms with Crippen molar-refractivity contribution >= 4 is 5.91 Å². The number of nitrogens with two attached hydrogens (primary N) is 1. The maximum Gasteiger partial charge on any atom is 0.237 e. The van der Waals surface area contributed by atoms with Gasteiger partial charge >= 0.3 is 0 Å². The number of carbonyl (C=O) groups is 1. The molecule has 1 aliphatic rings. The highest BCUT2D eigenvalue weighted by Gasteiger charge is 2.34. The third kappa shape index (κ3) is 4.75. The van der Waals surface area contributed by atoms with E-state index in [0.29, 0.717) is 6.54 Å². The summed E-state index contributed by atoms with van der Waals surface area (Å²) < 4.78 is 5.41. The van der Waals surface area contributed by atoms with E-state index in [4.69, 9.17) is 10.5 Å². The number of nitrogens with one attached hydrogen (secondary N) is 1. The third-order valence-electron chi connectivity index (χ3n) is 3.69. The number of methoxy groups -OCH3 is 1. The molecule has 0 spiro atoms. The molecule has 1 amide bonds. The van der Waals surface area contributed by atoms with Crippen LogP contribution in [0.5, 0.6) is 0 Å². The summed E-state index contributed by atoms with van der Waals surface area (Å²) in [5.41, 5.74) is 5.65. The molecule has 3 N–H and O–H groups in total. The fraction of sp³-hybridized carbons (Fsp3) is 0.929. The van der Waals surface area contributed by atoms with Crippen LogP contribution in [0.25, 0.3) is 0 Å². The fourth-order valence-corrected chi connectivity index (χ4v) is 2.61. The van der Waals surface area contributed by atoms with Crippen LogP contribution in [0.3, 0.4) is 0 Å². The molecule has 0 aliphatic carbocycles. The molecule has 0 radical (unpaired) electrons. The van der Waals surface area contributed by atoms with Crippen LogP contribution < -0.4 is 11.1 Å². The van der Waals surface area contributed by atoms with Gasteiger partial charge in [-0.3, -0.25) is 9.69 Å². The summed E-state index contributed by atoms with van der Waals surface area (Å²) in [5, 5.41) is 3.03. The van der Waals surface area contributed by atoms with Gasteiger partial charge in [0, 0.05) is 31.8 Å². The standard InChI is InChI=1S/C14H29N3O2/c1-10(13(18)16-14(2,3)4)17-7-6-12(19-5)8-11(17)9-15/h10-12H,6-9,15H2,1-5H3,(H,16,18). The van der Waals surface area contributed by atoms with Crippen LogP contribution in [0, 0.1) is 0 Å². The maximum atomic E-state index is 12.2. The highest BCUT2D eigenvalue weighted by atomic mass is 16.5. The molecule has 0 saturated carbocycles. The van der Waals surface area contributed by atoms with E-state index in [2.05, 4.69) is 10.2 Å². The Balaban J connectivity index is 2.64. The predicted octanol–water partition coefficient (Wildman–Crippen LogP) is 0.728. The van der Waals surface area contributed by atoms with E-state index in [9.17, 15) is 4.79 Å². The van der Waals surface area contributed by atoms with E-state index in [1.807, 2.05) is 27.7 Å². The van der Waals surface area contributed by atoms with Gasteiger partial charge in [0.05, 0.1) is 12.1 Å². The van der Waals surface area contributed by atoms with Gasteiger partial charge in [0.25, 0.3) is 0 Å². The number of rotatable bonds is 4. The van der Waals surface area contributed by atoms with Crippen LogP contribution >= 0.6 is 0 Å². The Morgan fingerprint density at radius 1 is 1.53 bits per heavy atom. The minimum Gasteiger partial charge on any atom is -0.381 e. The molecule has 1 heterocycles. The van der Waals surface area contributed by atoms with Crippen molar-refractivity contribution in [3.05, 3.63) is 0 Å². The van der Waals surface area contributed by atoms with E-state index in [1.165, 1.54) is 0 Å². The van der Waals surface area contributed by atoms with Crippen molar-refractivity contribution in [2.75, 3.05) is 20.2 Å². The van der Waals surface area contributed by atoms with Crippen molar-refractivity contribution in [1.82, 2.24) is 10.2 Å². The summed E-state index contributed by atoms with van der Waals surface area (Å²) >= 11 is 0. The first-order valence-corrected chi connectivity index (χ1v) is 7.09. The minimum atomic E-state index is -0.200. The average Bonchev–Trinajstić information content (AvgIpc) is 2.35. The van der Waals surface area contributed by atoms with Crippen LogP contribution in [-0.4, -0.2) is 54.7 Å². The topological polar surface area (TPSA) is 67.6 Å². The summed E-state index contributed by atoms with van der Waals surface area (Å²) in [6.07, 6.45) is 2.13. The van der Waals surface area contributed by atoms with Crippen LogP contribution in [-0.2, 0) is 9.53 Å². The molecule has 1 saturated heterocycles. The zero-order valence-corrected chi connectivity index (χ0v) is 12.9. The molecule has 3 unspecified atom stereocenters. The molecular weight excluding hydrogens is 242 g/mol. The Morgan fingerprint density at radius 3 is 2.63 bits per heavy atom. The zero-order chi connectivity index (χ0) is 14.6. The lowest BCUT2D eigenvalue weighted by Crippen LogP contribution is -2.58. The minimum absolute atomic E-state index is 0.0711. The molecule has 1 rings (SSSR count). The Labute approximate surface area is 116 Å². The highest BCUT2D eigenvalue weighted by Crippen LogP contribution is 2.21. The molecular formula is C14H29N3O2. The highest BCUT2D eigenvalue weighted by molar-refractivity contribution is 5.82. The number of ether oxygens (including phenoxy) is 1. The Bertz CT molecular complexity index is 302. The summed E-state index contributed by atoms with van der Waals surface area (Å²) in [7, 11) is 1.74. The summed E-state index contributed by atoms with van der Waals surface area (Å²) in [5.74, 6) is 0.0711.